The molecule has 30 heavy (non-hydrogen) atoms. The van der Waals surface area contributed by atoms with Gasteiger partial charge in [0.05, 0.1) is 20.0 Å². The summed E-state index contributed by atoms with van der Waals surface area (Å²) in [5.41, 5.74) is 1.75. The standard InChI is InChI=1S/C24H20N2O2S2/c27-22(16-6-2-1-3-7-16)17-12-14-26(15-13-17)24(28)21-11-10-20(29-21)23-25-18-8-4-5-9-19(18)30-23/h1-11,17H,12-15H2. The Balaban J connectivity index is 1.26. The first-order valence-corrected chi connectivity index (χ1v) is 11.7. The molecule has 5 rings (SSSR count). The number of nitrogens with zero attached hydrogens (tertiary/aromatic N) is 2. The molecule has 0 unspecified atom stereocenters. The first-order valence-electron chi connectivity index (χ1n) is 10.0. The number of benzene rings is 2. The van der Waals surface area contributed by atoms with Crippen LogP contribution in [-0.4, -0.2) is 34.7 Å². The molecule has 1 amide bonds. The van der Waals surface area contributed by atoms with E-state index in [1.807, 2.05) is 65.6 Å². The highest BCUT2D eigenvalue weighted by Gasteiger charge is 2.29. The minimum Gasteiger partial charge on any atom is -0.338 e. The summed E-state index contributed by atoms with van der Waals surface area (Å²) in [5.74, 6) is 0.244. The molecule has 4 nitrogen and oxygen atoms in total. The number of hydrogen-bond donors (Lipinski definition) is 0. The van der Waals surface area contributed by atoms with Crippen LogP contribution in [0, 0.1) is 5.92 Å². The highest BCUT2D eigenvalue weighted by Crippen LogP contribution is 2.35. The van der Waals surface area contributed by atoms with E-state index in [2.05, 4.69) is 6.07 Å². The van der Waals surface area contributed by atoms with E-state index in [0.29, 0.717) is 13.1 Å². The summed E-state index contributed by atoms with van der Waals surface area (Å²) in [4.78, 5) is 34.0. The zero-order valence-electron chi connectivity index (χ0n) is 16.3. The lowest BCUT2D eigenvalue weighted by Crippen LogP contribution is -2.40. The Morgan fingerprint density at radius 1 is 0.867 bits per heavy atom. The number of thiophene rings is 1. The summed E-state index contributed by atoms with van der Waals surface area (Å²) in [6.45, 7) is 1.24. The van der Waals surface area contributed by atoms with Gasteiger partial charge in [-0.25, -0.2) is 4.98 Å². The van der Waals surface area contributed by atoms with Crippen molar-refractivity contribution in [2.24, 2.45) is 5.92 Å². The molecule has 2 aromatic heterocycles. The topological polar surface area (TPSA) is 50.3 Å². The van der Waals surface area contributed by atoms with Gasteiger partial charge in [0.15, 0.2) is 5.78 Å². The van der Waals surface area contributed by atoms with Crippen LogP contribution in [0.25, 0.3) is 20.1 Å². The third kappa shape index (κ3) is 3.68. The van der Waals surface area contributed by atoms with Crippen molar-refractivity contribution in [3.8, 4) is 9.88 Å². The number of para-hydroxylation sites is 1. The summed E-state index contributed by atoms with van der Waals surface area (Å²) in [5, 5.41) is 0.951. The molecule has 0 atom stereocenters. The number of piperidine rings is 1. The lowest BCUT2D eigenvalue weighted by atomic mass is 9.89. The van der Waals surface area contributed by atoms with Crippen molar-refractivity contribution in [1.82, 2.24) is 9.88 Å². The maximum Gasteiger partial charge on any atom is 0.263 e. The monoisotopic (exact) mass is 432 g/mol. The number of thiazole rings is 1. The quantitative estimate of drug-likeness (QED) is 0.385. The predicted molar refractivity (Wildman–Crippen MR) is 122 cm³/mol. The van der Waals surface area contributed by atoms with Crippen LogP contribution in [0.3, 0.4) is 0 Å². The van der Waals surface area contributed by atoms with Gasteiger partial charge in [0.1, 0.15) is 5.01 Å². The molecule has 1 saturated heterocycles. The van der Waals surface area contributed by atoms with E-state index in [1.165, 1.54) is 11.3 Å². The minimum atomic E-state index is -0.00176. The molecular weight excluding hydrogens is 412 g/mol. The first kappa shape index (κ1) is 19.2. The molecule has 3 heterocycles. The number of ketones is 1. The first-order chi connectivity index (χ1) is 14.7. The molecular formula is C24H20N2O2S2. The number of Topliss-reactive ketones (excluding diaryl/α,β-unsaturated/α-hetero) is 1. The zero-order valence-corrected chi connectivity index (χ0v) is 17.9. The average Bonchev–Trinajstić information content (AvgIpc) is 3.46. The number of carbonyl (C=O) groups is 2. The second kappa shape index (κ2) is 8.13. The van der Waals surface area contributed by atoms with Gasteiger partial charge in [-0.1, -0.05) is 42.5 Å². The second-order valence-electron chi connectivity index (χ2n) is 7.45. The van der Waals surface area contributed by atoms with Gasteiger partial charge in [-0.15, -0.1) is 22.7 Å². The van der Waals surface area contributed by atoms with E-state index < -0.39 is 0 Å². The largest absolute Gasteiger partial charge is 0.338 e. The molecule has 0 spiro atoms. The molecule has 0 N–H and O–H groups in total. The van der Waals surface area contributed by atoms with Crippen LogP contribution in [0.1, 0.15) is 32.9 Å². The number of likely N-dealkylation sites (tertiary alicyclic amines) is 1. The third-order valence-corrected chi connectivity index (χ3v) is 7.81. The number of fused-ring (bicyclic) bond motifs is 1. The molecule has 0 aliphatic carbocycles. The van der Waals surface area contributed by atoms with Crippen molar-refractivity contribution in [3.05, 3.63) is 77.2 Å². The van der Waals surface area contributed by atoms with Crippen LogP contribution in [0.15, 0.2) is 66.7 Å². The number of rotatable bonds is 4. The fourth-order valence-corrected chi connectivity index (χ4v) is 5.88. The Morgan fingerprint density at radius 3 is 2.37 bits per heavy atom. The molecule has 0 bridgehead atoms. The SMILES string of the molecule is O=C(c1ccccc1)C1CCN(C(=O)c2ccc(-c3nc4ccccc4s3)s2)CC1. The van der Waals surface area contributed by atoms with Gasteiger partial charge in [0.2, 0.25) is 0 Å². The maximum absolute atomic E-state index is 13.0. The lowest BCUT2D eigenvalue weighted by molar-refractivity contribution is 0.0654. The second-order valence-corrected chi connectivity index (χ2v) is 9.56. The van der Waals surface area contributed by atoms with Crippen molar-refractivity contribution in [1.29, 1.82) is 0 Å². The zero-order chi connectivity index (χ0) is 20.5. The van der Waals surface area contributed by atoms with Gasteiger partial charge < -0.3 is 4.90 Å². The number of aromatic nitrogens is 1. The fourth-order valence-electron chi connectivity index (χ4n) is 3.88. The van der Waals surface area contributed by atoms with E-state index >= 15 is 0 Å². The predicted octanol–water partition coefficient (Wildman–Crippen LogP) is 5.76. The van der Waals surface area contributed by atoms with Crippen molar-refractivity contribution in [2.45, 2.75) is 12.8 Å². The van der Waals surface area contributed by atoms with E-state index in [4.69, 9.17) is 4.98 Å². The fraction of sp³-hybridized carbons (Fsp3) is 0.208. The summed E-state index contributed by atoms with van der Waals surface area (Å²) >= 11 is 3.15. The van der Waals surface area contributed by atoms with E-state index in [1.54, 1.807) is 11.3 Å². The highest BCUT2D eigenvalue weighted by molar-refractivity contribution is 7.26. The van der Waals surface area contributed by atoms with Crippen LogP contribution in [0.2, 0.25) is 0 Å². The molecule has 0 radical (unpaired) electrons. The van der Waals surface area contributed by atoms with Crippen LogP contribution in [0.4, 0.5) is 0 Å². The lowest BCUT2D eigenvalue weighted by Gasteiger charge is -2.31. The number of amides is 1. The third-order valence-electron chi connectivity index (χ3n) is 5.53. The summed E-state index contributed by atoms with van der Waals surface area (Å²) in [7, 11) is 0. The molecule has 1 fully saturated rings. The molecule has 1 aliphatic rings. The van der Waals surface area contributed by atoms with Crippen molar-refractivity contribution in [2.75, 3.05) is 13.1 Å². The molecule has 1 aliphatic heterocycles. The van der Waals surface area contributed by atoms with Gasteiger partial charge in [0, 0.05) is 24.6 Å². The summed E-state index contributed by atoms with van der Waals surface area (Å²) in [6, 6.07) is 21.4. The molecule has 4 aromatic rings. The normalized spacial score (nSPS) is 14.9. The highest BCUT2D eigenvalue weighted by atomic mass is 32.1. The summed E-state index contributed by atoms with van der Waals surface area (Å²) < 4.78 is 1.15. The van der Waals surface area contributed by atoms with E-state index in [0.717, 1.165) is 43.4 Å². The molecule has 150 valence electrons. The van der Waals surface area contributed by atoms with Crippen LogP contribution in [-0.2, 0) is 0 Å². The van der Waals surface area contributed by atoms with Crippen molar-refractivity contribution < 1.29 is 9.59 Å². The molecule has 0 saturated carbocycles. The average molecular weight is 433 g/mol. The van der Waals surface area contributed by atoms with Gasteiger partial charge in [-0.3, -0.25) is 9.59 Å². The van der Waals surface area contributed by atoms with Crippen LogP contribution in [0.5, 0.6) is 0 Å². The molecule has 2 aromatic carbocycles. The van der Waals surface area contributed by atoms with Crippen molar-refractivity contribution >= 4 is 44.6 Å². The Hall–Kier alpha value is -2.83. The van der Waals surface area contributed by atoms with Gasteiger partial charge >= 0.3 is 0 Å². The van der Waals surface area contributed by atoms with E-state index in [9.17, 15) is 9.59 Å². The van der Waals surface area contributed by atoms with Gasteiger partial charge in [-0.2, -0.15) is 0 Å². The van der Waals surface area contributed by atoms with E-state index in [-0.39, 0.29) is 17.6 Å². The molecule has 6 heteroatoms. The van der Waals surface area contributed by atoms with Crippen LogP contribution < -0.4 is 0 Å². The Labute approximate surface area is 182 Å². The number of carbonyl (C=O) groups excluding carboxylic acids is 2. The summed E-state index contributed by atoms with van der Waals surface area (Å²) in [6.07, 6.45) is 1.44. The van der Waals surface area contributed by atoms with Gasteiger partial charge in [0.25, 0.3) is 5.91 Å². The van der Waals surface area contributed by atoms with Crippen LogP contribution >= 0.6 is 22.7 Å². The Bertz CT molecular complexity index is 1170. The maximum atomic E-state index is 13.0. The smallest absolute Gasteiger partial charge is 0.263 e. The number of hydrogen-bond acceptors (Lipinski definition) is 5. The van der Waals surface area contributed by atoms with Gasteiger partial charge in [-0.05, 0) is 37.1 Å². The Kier molecular flexibility index (Phi) is 5.19. The minimum absolute atomic E-state index is 0.00176. The van der Waals surface area contributed by atoms with Crippen molar-refractivity contribution in [3.63, 3.8) is 0 Å². The Morgan fingerprint density at radius 2 is 1.60 bits per heavy atom.